The van der Waals surface area contributed by atoms with Gasteiger partial charge in [-0.2, -0.15) is 0 Å². The number of likely N-dealkylation sites (tertiary alicyclic amines) is 1. The molecule has 1 saturated heterocycles. The minimum absolute atomic E-state index is 0.0932. The molecule has 29 heavy (non-hydrogen) atoms. The number of rotatable bonds is 4. The van der Waals surface area contributed by atoms with Gasteiger partial charge in [-0.3, -0.25) is 0 Å². The highest BCUT2D eigenvalue weighted by Gasteiger charge is 2.51. The monoisotopic (exact) mass is 422 g/mol. The van der Waals surface area contributed by atoms with Crippen molar-refractivity contribution in [3.63, 3.8) is 0 Å². The van der Waals surface area contributed by atoms with Crippen molar-refractivity contribution in [1.29, 1.82) is 0 Å². The molecule has 1 aromatic carbocycles. The number of nitrogens with zero attached hydrogens (tertiary/aromatic N) is 1. The molecule has 0 bridgehead atoms. The van der Waals surface area contributed by atoms with Gasteiger partial charge in [0.1, 0.15) is 13.2 Å². The Morgan fingerprint density at radius 2 is 1.48 bits per heavy atom. The summed E-state index contributed by atoms with van der Waals surface area (Å²) in [5, 5.41) is 39.1. The molecule has 168 valence electrons. The number of hydrogen-bond donors (Lipinski definition) is 5. The molecule has 0 radical (unpaired) electrons. The molecule has 0 saturated carbocycles. The number of fused-ring (bicyclic) bond motifs is 1. The fourth-order valence-electron chi connectivity index (χ4n) is 2.93. The zero-order valence-electron chi connectivity index (χ0n) is 17.1. The number of ether oxygens (including phenoxy) is 2. The van der Waals surface area contributed by atoms with E-state index in [1.54, 1.807) is 0 Å². The van der Waals surface area contributed by atoms with Crippen molar-refractivity contribution in [3.8, 4) is 11.5 Å². The van der Waals surface area contributed by atoms with Crippen LogP contribution in [0.4, 0.5) is 8.78 Å². The van der Waals surface area contributed by atoms with Gasteiger partial charge in [-0.05, 0) is 51.4 Å². The lowest BCUT2D eigenvalue weighted by atomic mass is 10.1. The molecule has 0 atom stereocenters. The molecule has 8 nitrogen and oxygen atoms in total. The molecule has 2 aliphatic rings. The molecular weight excluding hydrogens is 390 g/mol. The number of alkyl halides is 2. The molecule has 0 aliphatic carbocycles. The van der Waals surface area contributed by atoms with Gasteiger partial charge in [-0.15, -0.1) is 0 Å². The van der Waals surface area contributed by atoms with Crippen molar-refractivity contribution in [2.75, 3.05) is 26.8 Å². The van der Waals surface area contributed by atoms with Gasteiger partial charge in [-0.1, -0.05) is 6.07 Å². The standard InChI is InChI=1S/C15H21NO6.C3H6F2.CH5N/c17-14(18)5-6-15(19,20)16(14)7-1-2-11-3-4-12-13(10-11)22-9-8-21-12;1-3(2,4)5;1-2/h3-4,10,17-20H,1-2,5-9H2;1-2H3;2H2,1H3. The summed E-state index contributed by atoms with van der Waals surface area (Å²) in [5.74, 6) is -5.40. The fourth-order valence-corrected chi connectivity index (χ4v) is 2.93. The van der Waals surface area contributed by atoms with Crippen LogP contribution in [0.25, 0.3) is 0 Å². The van der Waals surface area contributed by atoms with Crippen molar-refractivity contribution >= 4 is 0 Å². The first-order valence-electron chi connectivity index (χ1n) is 9.40. The second kappa shape index (κ2) is 10.5. The van der Waals surface area contributed by atoms with Crippen LogP contribution < -0.4 is 15.2 Å². The molecule has 0 unspecified atom stereocenters. The normalized spacial score (nSPS) is 19.5. The highest BCUT2D eigenvalue weighted by Crippen LogP contribution is 2.35. The molecule has 10 heteroatoms. The minimum Gasteiger partial charge on any atom is -0.486 e. The maximum Gasteiger partial charge on any atom is 0.242 e. The molecule has 1 fully saturated rings. The van der Waals surface area contributed by atoms with Crippen LogP contribution in [0.15, 0.2) is 18.2 Å². The maximum absolute atomic E-state index is 11.0. The van der Waals surface area contributed by atoms with Crippen LogP contribution in [0.1, 0.15) is 38.7 Å². The summed E-state index contributed by atoms with van der Waals surface area (Å²) >= 11 is 0. The predicted octanol–water partition coefficient (Wildman–Crippen LogP) is 0.999. The smallest absolute Gasteiger partial charge is 0.242 e. The summed E-state index contributed by atoms with van der Waals surface area (Å²) in [6.07, 6.45) is 1.01. The molecule has 2 heterocycles. The van der Waals surface area contributed by atoms with Gasteiger partial charge in [0.15, 0.2) is 11.5 Å². The van der Waals surface area contributed by atoms with Crippen molar-refractivity contribution in [2.24, 2.45) is 5.73 Å². The van der Waals surface area contributed by atoms with Crippen molar-refractivity contribution in [2.45, 2.75) is 57.3 Å². The van der Waals surface area contributed by atoms with E-state index in [0.717, 1.165) is 30.1 Å². The van der Waals surface area contributed by atoms with Crippen LogP contribution in [-0.2, 0) is 6.42 Å². The van der Waals surface area contributed by atoms with Crippen LogP contribution in [0.2, 0.25) is 0 Å². The zero-order valence-corrected chi connectivity index (χ0v) is 17.1. The first-order chi connectivity index (χ1) is 13.4. The van der Waals surface area contributed by atoms with Crippen LogP contribution in [0, 0.1) is 0 Å². The van der Waals surface area contributed by atoms with Crippen molar-refractivity contribution in [1.82, 2.24) is 4.90 Å². The summed E-state index contributed by atoms with van der Waals surface area (Å²) in [6.45, 7) is 2.94. The van der Waals surface area contributed by atoms with Gasteiger partial charge in [0.25, 0.3) is 0 Å². The Balaban J connectivity index is 0.000000527. The predicted molar refractivity (Wildman–Crippen MR) is 102 cm³/mol. The van der Waals surface area contributed by atoms with E-state index in [-0.39, 0.29) is 19.4 Å². The third-order valence-electron chi connectivity index (χ3n) is 4.11. The molecule has 6 N–H and O–H groups in total. The Bertz CT molecular complexity index is 616. The second-order valence-corrected chi connectivity index (χ2v) is 7.11. The quantitative estimate of drug-likeness (QED) is 0.455. The average Bonchev–Trinajstić information content (AvgIpc) is 2.84. The lowest BCUT2D eigenvalue weighted by molar-refractivity contribution is -0.342. The number of hydrogen-bond acceptors (Lipinski definition) is 8. The number of nitrogens with two attached hydrogens (primary N) is 1. The molecule has 3 rings (SSSR count). The maximum atomic E-state index is 11.0. The second-order valence-electron chi connectivity index (χ2n) is 7.11. The number of halogens is 2. The summed E-state index contributed by atoms with van der Waals surface area (Å²) < 4.78 is 33.0. The lowest BCUT2D eigenvalue weighted by Crippen LogP contribution is -2.54. The van der Waals surface area contributed by atoms with Gasteiger partial charge in [0.2, 0.25) is 17.7 Å². The Kier molecular flexibility index (Phi) is 9.19. The highest BCUT2D eigenvalue weighted by molar-refractivity contribution is 5.43. The van der Waals surface area contributed by atoms with Crippen LogP contribution in [-0.4, -0.2) is 69.9 Å². The minimum atomic E-state index is -2.50. The van der Waals surface area contributed by atoms with E-state index in [9.17, 15) is 29.2 Å². The fraction of sp³-hybridized carbons (Fsp3) is 0.684. The van der Waals surface area contributed by atoms with Crippen molar-refractivity contribution < 1.29 is 38.7 Å². The summed E-state index contributed by atoms with van der Waals surface area (Å²) in [4.78, 5) is 0.915. The van der Waals surface area contributed by atoms with Gasteiger partial charge in [-0.25, -0.2) is 13.7 Å². The Labute approximate surface area is 169 Å². The number of benzene rings is 1. The van der Waals surface area contributed by atoms with Gasteiger partial charge in [0, 0.05) is 19.4 Å². The molecule has 0 aromatic heterocycles. The van der Waals surface area contributed by atoms with E-state index < -0.39 is 17.7 Å². The van der Waals surface area contributed by atoms with Crippen LogP contribution in [0.3, 0.4) is 0 Å². The molecule has 0 amide bonds. The van der Waals surface area contributed by atoms with Crippen molar-refractivity contribution in [3.05, 3.63) is 23.8 Å². The largest absolute Gasteiger partial charge is 0.486 e. The van der Waals surface area contributed by atoms with E-state index >= 15 is 0 Å². The molecule has 1 aromatic rings. The first-order valence-corrected chi connectivity index (χ1v) is 9.40. The summed E-state index contributed by atoms with van der Waals surface area (Å²) in [6, 6.07) is 5.67. The van der Waals surface area contributed by atoms with Gasteiger partial charge < -0.3 is 35.6 Å². The third-order valence-corrected chi connectivity index (χ3v) is 4.11. The third kappa shape index (κ3) is 8.37. The summed E-state index contributed by atoms with van der Waals surface area (Å²) in [5.41, 5.74) is 5.52. The van der Waals surface area contributed by atoms with E-state index in [0.29, 0.717) is 31.8 Å². The first kappa shape index (κ1) is 25.5. The Hall–Kier alpha value is -1.56. The van der Waals surface area contributed by atoms with Gasteiger partial charge in [0.05, 0.1) is 0 Å². The van der Waals surface area contributed by atoms with E-state index in [2.05, 4.69) is 5.73 Å². The van der Waals surface area contributed by atoms with E-state index in [1.807, 2.05) is 18.2 Å². The lowest BCUT2D eigenvalue weighted by Gasteiger charge is -2.34. The van der Waals surface area contributed by atoms with E-state index in [1.165, 1.54) is 7.05 Å². The average molecular weight is 422 g/mol. The highest BCUT2D eigenvalue weighted by atomic mass is 19.3. The van der Waals surface area contributed by atoms with Gasteiger partial charge >= 0.3 is 0 Å². The molecule has 0 spiro atoms. The Morgan fingerprint density at radius 1 is 1.00 bits per heavy atom. The van der Waals surface area contributed by atoms with Crippen LogP contribution >= 0.6 is 0 Å². The van der Waals surface area contributed by atoms with Crippen LogP contribution in [0.5, 0.6) is 11.5 Å². The zero-order chi connectivity index (χ0) is 22.3. The molecule has 2 aliphatic heterocycles. The summed E-state index contributed by atoms with van der Waals surface area (Å²) in [7, 11) is 1.50. The molecular formula is C19H32F2N2O6. The SMILES string of the molecule is CC(C)(F)F.CN.OC1(O)CCC(O)(O)N1CCCc1ccc2c(c1)OCCO2. The Morgan fingerprint density at radius 3 is 2.00 bits per heavy atom. The van der Waals surface area contributed by atoms with E-state index in [4.69, 9.17) is 9.47 Å². The topological polar surface area (TPSA) is 129 Å². The number of aliphatic hydroxyl groups is 4. The number of aryl methyl sites for hydroxylation is 1.